The predicted molar refractivity (Wildman–Crippen MR) is 87.9 cm³/mol. The molecule has 0 bridgehead atoms. The molecule has 1 N–H and O–H groups in total. The molecule has 0 aliphatic rings. The molecule has 1 unspecified atom stereocenters. The molecule has 0 aliphatic carbocycles. The second-order valence-electron chi connectivity index (χ2n) is 6.67. The molecule has 0 radical (unpaired) electrons. The Bertz CT molecular complexity index is 699. The Morgan fingerprint density at radius 3 is 2.52 bits per heavy atom. The van der Waals surface area contributed by atoms with Crippen LogP contribution in [0.15, 0.2) is 22.7 Å². The summed E-state index contributed by atoms with van der Waals surface area (Å²) in [6.45, 7) is 5.40. The molecule has 1 heterocycles. The number of benzene rings is 1. The number of methoxy groups -OCH3 is 1. The van der Waals surface area contributed by atoms with Crippen molar-refractivity contribution in [3.05, 3.63) is 35.5 Å². The Morgan fingerprint density at radius 2 is 1.96 bits per heavy atom. The first-order valence-corrected chi connectivity index (χ1v) is 7.90. The summed E-state index contributed by atoms with van der Waals surface area (Å²) in [5.41, 5.74) is 0.567. The third-order valence-corrected chi connectivity index (χ3v) is 3.54. The zero-order valence-corrected chi connectivity index (χ0v) is 15.0. The van der Waals surface area contributed by atoms with Crippen molar-refractivity contribution in [3.8, 4) is 11.5 Å². The van der Waals surface area contributed by atoms with Crippen molar-refractivity contribution in [1.29, 1.82) is 0 Å². The van der Waals surface area contributed by atoms with Crippen LogP contribution in [0.3, 0.4) is 0 Å². The smallest absolute Gasteiger partial charge is 0.387 e. The molecule has 0 amide bonds. The number of ether oxygens (including phenoxy) is 2. The second kappa shape index (κ2) is 7.77. The van der Waals surface area contributed by atoms with Crippen LogP contribution in [0.1, 0.15) is 51.0 Å². The Kier molecular flexibility index (Phi) is 5.94. The van der Waals surface area contributed by atoms with Crippen LogP contribution in [0.5, 0.6) is 11.5 Å². The quantitative estimate of drug-likeness (QED) is 0.814. The first kappa shape index (κ1) is 19.1. The Labute approximate surface area is 145 Å². The molecule has 1 aromatic carbocycles. The van der Waals surface area contributed by atoms with Gasteiger partial charge in [-0.15, -0.1) is 0 Å². The largest absolute Gasteiger partial charge is 0.493 e. The summed E-state index contributed by atoms with van der Waals surface area (Å²) < 4.78 is 39.8. The number of aromatic nitrogens is 2. The Hall–Kier alpha value is -2.22. The van der Waals surface area contributed by atoms with Crippen molar-refractivity contribution < 1.29 is 22.8 Å². The number of hydrogen-bond acceptors (Lipinski definition) is 6. The van der Waals surface area contributed by atoms with Crippen molar-refractivity contribution in [3.63, 3.8) is 0 Å². The monoisotopic (exact) mass is 355 g/mol. The summed E-state index contributed by atoms with van der Waals surface area (Å²) in [6.07, 6.45) is 0. The molecule has 0 fully saturated rings. The lowest BCUT2D eigenvalue weighted by Gasteiger charge is -2.14. The first-order chi connectivity index (χ1) is 11.7. The van der Waals surface area contributed by atoms with Gasteiger partial charge in [0.2, 0.25) is 5.89 Å². The van der Waals surface area contributed by atoms with E-state index in [0.717, 1.165) is 5.56 Å². The lowest BCUT2D eigenvalue weighted by atomic mass is 9.96. The van der Waals surface area contributed by atoms with Gasteiger partial charge in [-0.05, 0) is 24.6 Å². The van der Waals surface area contributed by atoms with Gasteiger partial charge in [-0.25, -0.2) is 0 Å². The maximum absolute atomic E-state index is 12.5. The molecule has 138 valence electrons. The Balaban J connectivity index is 2.04. The van der Waals surface area contributed by atoms with Crippen LogP contribution in [0.4, 0.5) is 8.78 Å². The number of nitrogens with zero attached hydrogens (tertiary/aromatic N) is 2. The lowest BCUT2D eigenvalue weighted by Crippen LogP contribution is -2.19. The topological polar surface area (TPSA) is 69.4 Å². The van der Waals surface area contributed by atoms with Crippen molar-refractivity contribution in [2.24, 2.45) is 0 Å². The molecule has 0 saturated heterocycles. The van der Waals surface area contributed by atoms with E-state index >= 15 is 0 Å². The van der Waals surface area contributed by atoms with Gasteiger partial charge in [-0.2, -0.15) is 13.8 Å². The summed E-state index contributed by atoms with van der Waals surface area (Å²) in [5, 5.41) is 7.20. The number of hydrogen-bond donors (Lipinski definition) is 1. The minimum absolute atomic E-state index is 0.00254. The Morgan fingerprint density at radius 1 is 1.24 bits per heavy atom. The van der Waals surface area contributed by atoms with Gasteiger partial charge in [-0.3, -0.25) is 0 Å². The molecule has 2 rings (SSSR count). The van der Waals surface area contributed by atoms with Crippen LogP contribution in [0, 0.1) is 0 Å². The van der Waals surface area contributed by atoms with Crippen LogP contribution in [-0.2, 0) is 12.0 Å². The van der Waals surface area contributed by atoms with Gasteiger partial charge in [-0.1, -0.05) is 32.0 Å². The molecule has 0 saturated carbocycles. The maximum atomic E-state index is 12.5. The van der Waals surface area contributed by atoms with Gasteiger partial charge < -0.3 is 19.3 Å². The van der Waals surface area contributed by atoms with Crippen LogP contribution in [0.2, 0.25) is 0 Å². The fraction of sp³-hybridized carbons (Fsp3) is 0.529. The SMILES string of the molecule is COc1ccc(CNC(C)c2nc(C(C)(C)C)no2)cc1OC(F)F. The number of alkyl halides is 2. The fourth-order valence-corrected chi connectivity index (χ4v) is 2.09. The van der Waals surface area contributed by atoms with Gasteiger partial charge >= 0.3 is 6.61 Å². The highest BCUT2D eigenvalue weighted by molar-refractivity contribution is 5.43. The van der Waals surface area contributed by atoms with E-state index in [1.165, 1.54) is 13.2 Å². The summed E-state index contributed by atoms with van der Waals surface area (Å²) >= 11 is 0. The number of nitrogens with one attached hydrogen (secondary N) is 1. The zero-order valence-electron chi connectivity index (χ0n) is 15.0. The highest BCUT2D eigenvalue weighted by Gasteiger charge is 2.23. The van der Waals surface area contributed by atoms with Gasteiger partial charge in [0.15, 0.2) is 17.3 Å². The van der Waals surface area contributed by atoms with E-state index in [9.17, 15) is 8.78 Å². The van der Waals surface area contributed by atoms with E-state index in [2.05, 4.69) is 20.2 Å². The van der Waals surface area contributed by atoms with Gasteiger partial charge in [0, 0.05) is 12.0 Å². The third kappa shape index (κ3) is 5.12. The van der Waals surface area contributed by atoms with Crippen LogP contribution < -0.4 is 14.8 Å². The van der Waals surface area contributed by atoms with Crippen LogP contribution in [0.25, 0.3) is 0 Å². The van der Waals surface area contributed by atoms with E-state index in [0.29, 0.717) is 18.3 Å². The normalized spacial score (nSPS) is 13.1. The number of halogens is 2. The third-order valence-electron chi connectivity index (χ3n) is 3.54. The summed E-state index contributed by atoms with van der Waals surface area (Å²) in [5.74, 6) is 1.36. The second-order valence-corrected chi connectivity index (χ2v) is 6.67. The standard InChI is InChI=1S/C17H23F2N3O3/c1-10(14-21-15(22-25-14)17(2,3)4)20-9-11-6-7-12(23-5)13(8-11)24-16(18)19/h6-8,10,16,20H,9H2,1-5H3. The van der Waals surface area contributed by atoms with E-state index in [4.69, 9.17) is 9.26 Å². The molecular formula is C17H23F2N3O3. The predicted octanol–water partition coefficient (Wildman–Crippen LogP) is 3.83. The average molecular weight is 355 g/mol. The first-order valence-electron chi connectivity index (χ1n) is 7.90. The average Bonchev–Trinajstić information content (AvgIpc) is 3.02. The van der Waals surface area contributed by atoms with Crippen molar-refractivity contribution >= 4 is 0 Å². The van der Waals surface area contributed by atoms with E-state index in [1.54, 1.807) is 12.1 Å². The van der Waals surface area contributed by atoms with Crippen molar-refractivity contribution in [1.82, 2.24) is 15.5 Å². The molecule has 1 atom stereocenters. The number of rotatable bonds is 7. The molecule has 1 aromatic heterocycles. The van der Waals surface area contributed by atoms with Crippen molar-refractivity contribution in [2.75, 3.05) is 7.11 Å². The minimum Gasteiger partial charge on any atom is -0.493 e. The lowest BCUT2D eigenvalue weighted by molar-refractivity contribution is -0.0512. The zero-order chi connectivity index (χ0) is 18.6. The summed E-state index contributed by atoms with van der Waals surface area (Å²) in [4.78, 5) is 4.39. The fourth-order valence-electron chi connectivity index (χ4n) is 2.09. The van der Waals surface area contributed by atoms with Gasteiger partial charge in [0.25, 0.3) is 0 Å². The van der Waals surface area contributed by atoms with Gasteiger partial charge in [0.05, 0.1) is 13.2 Å². The summed E-state index contributed by atoms with van der Waals surface area (Å²) in [7, 11) is 1.40. The maximum Gasteiger partial charge on any atom is 0.387 e. The molecule has 2 aromatic rings. The molecule has 0 spiro atoms. The molecule has 6 nitrogen and oxygen atoms in total. The van der Waals surface area contributed by atoms with Crippen LogP contribution in [-0.4, -0.2) is 23.9 Å². The highest BCUT2D eigenvalue weighted by Crippen LogP contribution is 2.29. The van der Waals surface area contributed by atoms with E-state index < -0.39 is 6.61 Å². The minimum atomic E-state index is -2.91. The highest BCUT2D eigenvalue weighted by atomic mass is 19.3. The molecule has 8 heteroatoms. The molecular weight excluding hydrogens is 332 g/mol. The van der Waals surface area contributed by atoms with E-state index in [-0.39, 0.29) is 23.0 Å². The molecule has 0 aliphatic heterocycles. The molecule has 25 heavy (non-hydrogen) atoms. The summed E-state index contributed by atoms with van der Waals surface area (Å²) in [6, 6.07) is 4.68. The van der Waals surface area contributed by atoms with E-state index in [1.807, 2.05) is 27.7 Å². The van der Waals surface area contributed by atoms with Crippen LogP contribution >= 0.6 is 0 Å². The van der Waals surface area contributed by atoms with Crippen molar-refractivity contribution in [2.45, 2.75) is 52.3 Å². The van der Waals surface area contributed by atoms with Gasteiger partial charge in [0.1, 0.15) is 0 Å².